The normalized spacial score (nSPS) is 15.7. The lowest BCUT2D eigenvalue weighted by atomic mass is 9.82. The Morgan fingerprint density at radius 3 is 1.82 bits per heavy atom. The van der Waals surface area contributed by atoms with Gasteiger partial charge < -0.3 is 40.8 Å². The molecule has 0 bridgehead atoms. The number of rotatable bonds is 18. The summed E-state index contributed by atoms with van der Waals surface area (Å²) < 4.78 is 16.5. The summed E-state index contributed by atoms with van der Waals surface area (Å²) in [5.74, 6) is -3.09. The molecular weight excluding hydrogens is 730 g/mol. The average molecular weight is 776 g/mol. The lowest BCUT2D eigenvalue weighted by molar-refractivity contribution is -0.160. The van der Waals surface area contributed by atoms with Crippen LogP contribution in [0.3, 0.4) is 0 Å². The number of esters is 1. The molecule has 5 amide bonds. The largest absolute Gasteiger partial charge is 0.461 e. The number of carbonyl (C=O) groups is 6. The Morgan fingerprint density at radius 1 is 0.596 bits per heavy atom. The van der Waals surface area contributed by atoms with Crippen LogP contribution in [0.25, 0.3) is 11.1 Å². The molecule has 1 atom stereocenters. The molecule has 6 rings (SSSR count). The van der Waals surface area contributed by atoms with E-state index >= 15 is 0 Å². The van der Waals surface area contributed by atoms with E-state index in [2.05, 4.69) is 26.6 Å². The molecule has 0 spiro atoms. The first-order valence-corrected chi connectivity index (χ1v) is 18.8. The van der Waals surface area contributed by atoms with Crippen molar-refractivity contribution < 1.29 is 43.0 Å². The zero-order valence-corrected chi connectivity index (χ0v) is 31.2. The Kier molecular flexibility index (Phi) is 14.0. The van der Waals surface area contributed by atoms with Gasteiger partial charge >= 0.3 is 12.1 Å². The van der Waals surface area contributed by atoms with Crippen molar-refractivity contribution in [2.24, 2.45) is 5.92 Å². The number of ether oxygens (including phenoxy) is 3. The fourth-order valence-corrected chi connectivity index (χ4v) is 6.68. The molecule has 4 aromatic carbocycles. The lowest BCUT2D eigenvalue weighted by Gasteiger charge is -2.33. The van der Waals surface area contributed by atoms with Gasteiger partial charge in [0.15, 0.2) is 0 Å². The van der Waals surface area contributed by atoms with E-state index in [0.29, 0.717) is 12.8 Å². The zero-order valence-electron chi connectivity index (χ0n) is 31.2. The fourth-order valence-electron chi connectivity index (χ4n) is 6.68. The van der Waals surface area contributed by atoms with Crippen molar-refractivity contribution in [2.75, 3.05) is 33.0 Å². The average Bonchev–Trinajstić information content (AvgIpc) is 3.54. The highest BCUT2D eigenvalue weighted by molar-refractivity contribution is 5.92. The van der Waals surface area contributed by atoms with Gasteiger partial charge in [-0.2, -0.15) is 0 Å². The summed E-state index contributed by atoms with van der Waals surface area (Å²) in [6.07, 6.45) is 0.105. The summed E-state index contributed by atoms with van der Waals surface area (Å²) in [7, 11) is 0. The van der Waals surface area contributed by atoms with E-state index in [1.165, 1.54) is 0 Å². The first-order chi connectivity index (χ1) is 27.7. The number of alkyl carbamates (subject to hydrolysis) is 1. The Labute approximate surface area is 330 Å². The summed E-state index contributed by atoms with van der Waals surface area (Å²) >= 11 is 0. The molecule has 296 valence electrons. The first-order valence-electron chi connectivity index (χ1n) is 18.8. The molecule has 0 aliphatic heterocycles. The summed E-state index contributed by atoms with van der Waals surface area (Å²) in [4.78, 5) is 75.7. The molecule has 2 aliphatic carbocycles. The maximum atomic E-state index is 13.1. The third kappa shape index (κ3) is 11.5. The van der Waals surface area contributed by atoms with E-state index in [1.54, 1.807) is 24.3 Å². The molecule has 2 aliphatic rings. The Hall–Kier alpha value is -6.54. The third-order valence-electron chi connectivity index (χ3n) is 9.78. The van der Waals surface area contributed by atoms with Crippen molar-refractivity contribution in [3.8, 4) is 11.1 Å². The molecule has 14 heteroatoms. The van der Waals surface area contributed by atoms with Gasteiger partial charge in [-0.25, -0.2) is 4.79 Å². The highest BCUT2D eigenvalue weighted by atomic mass is 16.5. The monoisotopic (exact) mass is 775 g/mol. The molecule has 1 fully saturated rings. The van der Waals surface area contributed by atoms with Gasteiger partial charge in [0.25, 0.3) is 0 Å². The van der Waals surface area contributed by atoms with Gasteiger partial charge in [-0.15, -0.1) is 0 Å². The highest BCUT2D eigenvalue weighted by Gasteiger charge is 2.36. The van der Waals surface area contributed by atoms with Crippen molar-refractivity contribution in [3.05, 3.63) is 131 Å². The highest BCUT2D eigenvalue weighted by Crippen LogP contribution is 2.44. The molecule has 14 nitrogen and oxygen atoms in total. The molecule has 0 aromatic heterocycles. The van der Waals surface area contributed by atoms with Crippen molar-refractivity contribution >= 4 is 35.7 Å². The zero-order chi connectivity index (χ0) is 40.0. The maximum Gasteiger partial charge on any atom is 0.407 e. The second-order valence-corrected chi connectivity index (χ2v) is 13.8. The van der Waals surface area contributed by atoms with E-state index < -0.39 is 48.9 Å². The van der Waals surface area contributed by atoms with Crippen LogP contribution in [0.1, 0.15) is 41.0 Å². The number of amides is 5. The van der Waals surface area contributed by atoms with E-state index in [1.807, 2.05) is 84.9 Å². The number of fused-ring (bicyclic) bond motifs is 3. The van der Waals surface area contributed by atoms with Crippen molar-refractivity contribution in [1.82, 2.24) is 26.6 Å². The number of carbonyl (C=O) groups excluding carboxylic acids is 6. The Bertz CT molecular complexity index is 1990. The van der Waals surface area contributed by atoms with Crippen LogP contribution in [-0.4, -0.2) is 80.8 Å². The number of benzene rings is 4. The molecule has 0 heterocycles. The predicted molar refractivity (Wildman–Crippen MR) is 208 cm³/mol. The van der Waals surface area contributed by atoms with Crippen LogP contribution >= 0.6 is 0 Å². The first kappa shape index (κ1) is 40.1. The molecular formula is C43H45N5O9. The minimum Gasteiger partial charge on any atom is -0.461 e. The standard InChI is InChI=1S/C43H45N5O9/c49-38(23-46-43(54)56-26-36-34-17-9-7-15-32(34)33-16-8-10-18-35(33)36)44-24-40(51)48-37(19-28-11-3-1-4-12-28)41(52)45-22-39(50)47-27-57-31-20-30(21-31)42(53)55-25-29-13-5-2-6-14-29/h1-18,30-31,36-37H,19-27H2,(H,44,49)(H,45,52)(H,46,54)(H,47,50)(H,48,51)/t30?,31?,37-/m0/s1. The molecule has 0 saturated heterocycles. The Balaban J connectivity index is 0.872. The summed E-state index contributed by atoms with van der Waals surface area (Å²) in [6, 6.07) is 33.2. The van der Waals surface area contributed by atoms with Gasteiger partial charge in [0, 0.05) is 12.3 Å². The summed E-state index contributed by atoms with van der Waals surface area (Å²) in [5, 5.41) is 12.5. The Morgan fingerprint density at radius 2 is 1.16 bits per heavy atom. The van der Waals surface area contributed by atoms with Gasteiger partial charge in [0.2, 0.25) is 23.6 Å². The molecule has 0 radical (unpaired) electrons. The minimum atomic E-state index is -1.06. The molecule has 5 N–H and O–H groups in total. The second-order valence-electron chi connectivity index (χ2n) is 13.8. The van der Waals surface area contributed by atoms with Gasteiger partial charge in [0.1, 0.15) is 32.5 Å². The smallest absolute Gasteiger partial charge is 0.407 e. The fraction of sp³-hybridized carbons (Fsp3) is 0.302. The SMILES string of the molecule is O=C(CNC(=O)OCC1c2ccccc2-c2ccccc21)NCC(=O)N[C@@H](Cc1ccccc1)C(=O)NCC(=O)NCOC1CC(C(=O)OCc2ccccc2)C1. The third-order valence-corrected chi connectivity index (χ3v) is 9.78. The predicted octanol–water partition coefficient (Wildman–Crippen LogP) is 3.10. The molecule has 4 aromatic rings. The van der Waals surface area contributed by atoms with Crippen LogP contribution < -0.4 is 26.6 Å². The maximum absolute atomic E-state index is 13.1. The number of hydrogen-bond acceptors (Lipinski definition) is 9. The van der Waals surface area contributed by atoms with Crippen LogP contribution in [0.2, 0.25) is 0 Å². The second kappa shape index (κ2) is 19.9. The van der Waals surface area contributed by atoms with Gasteiger partial charge in [-0.1, -0.05) is 109 Å². The van der Waals surface area contributed by atoms with Gasteiger partial charge in [-0.3, -0.25) is 24.0 Å². The number of hydrogen-bond donors (Lipinski definition) is 5. The number of nitrogens with one attached hydrogen (secondary N) is 5. The van der Waals surface area contributed by atoms with E-state index in [-0.39, 0.29) is 56.8 Å². The minimum absolute atomic E-state index is 0.0839. The molecule has 57 heavy (non-hydrogen) atoms. The van der Waals surface area contributed by atoms with Crippen molar-refractivity contribution in [3.63, 3.8) is 0 Å². The topological polar surface area (TPSA) is 190 Å². The van der Waals surface area contributed by atoms with E-state index in [0.717, 1.165) is 33.4 Å². The van der Waals surface area contributed by atoms with Crippen LogP contribution in [0.15, 0.2) is 109 Å². The van der Waals surface area contributed by atoms with Crippen LogP contribution in [0.4, 0.5) is 4.79 Å². The quantitative estimate of drug-likeness (QED) is 0.0747. The molecule has 0 unspecified atom stereocenters. The lowest BCUT2D eigenvalue weighted by Crippen LogP contribution is -2.52. The summed E-state index contributed by atoms with van der Waals surface area (Å²) in [6.45, 7) is -1.08. The molecule has 1 saturated carbocycles. The van der Waals surface area contributed by atoms with E-state index in [9.17, 15) is 28.8 Å². The van der Waals surface area contributed by atoms with Gasteiger partial charge in [-0.05, 0) is 46.2 Å². The van der Waals surface area contributed by atoms with Crippen LogP contribution in [-0.2, 0) is 51.2 Å². The summed E-state index contributed by atoms with van der Waals surface area (Å²) in [5.41, 5.74) is 5.97. The van der Waals surface area contributed by atoms with Crippen LogP contribution in [0, 0.1) is 5.92 Å². The van der Waals surface area contributed by atoms with Gasteiger partial charge in [0.05, 0.1) is 25.1 Å². The van der Waals surface area contributed by atoms with Crippen LogP contribution in [0.5, 0.6) is 0 Å². The van der Waals surface area contributed by atoms with E-state index in [4.69, 9.17) is 14.2 Å². The van der Waals surface area contributed by atoms with Crippen molar-refractivity contribution in [1.29, 1.82) is 0 Å². The van der Waals surface area contributed by atoms with Crippen molar-refractivity contribution in [2.45, 2.75) is 43.9 Å².